The van der Waals surface area contributed by atoms with E-state index >= 15 is 0 Å². The fourth-order valence-corrected chi connectivity index (χ4v) is 4.95. The van der Waals surface area contributed by atoms with Crippen LogP contribution in [-0.4, -0.2) is 73.2 Å². The minimum Gasteiger partial charge on any atom is -0.487 e. The number of fused-ring (bicyclic) bond motifs is 3. The minimum absolute atomic E-state index is 0.00723. The normalized spacial score (nSPS) is 25.3. The molecule has 3 heterocycles. The van der Waals surface area contributed by atoms with Crippen LogP contribution in [0.1, 0.15) is 24.3 Å². The first-order valence-corrected chi connectivity index (χ1v) is 11.8. The molecule has 5 rings (SSSR count). The summed E-state index contributed by atoms with van der Waals surface area (Å²) in [6.45, 7) is 1.97. The van der Waals surface area contributed by atoms with Crippen molar-refractivity contribution in [3.63, 3.8) is 0 Å². The number of benzene rings is 2. The Labute approximate surface area is 202 Å². The first-order valence-electron chi connectivity index (χ1n) is 11.8. The van der Waals surface area contributed by atoms with Gasteiger partial charge in [-0.3, -0.25) is 4.79 Å². The molecule has 0 saturated carbocycles. The molecule has 0 radical (unpaired) electrons. The van der Waals surface area contributed by atoms with Gasteiger partial charge in [0.05, 0.1) is 38.0 Å². The fraction of sp³-hybridized carbons (Fsp3) is 0.440. The summed E-state index contributed by atoms with van der Waals surface area (Å²) in [7, 11) is 0. The van der Waals surface area contributed by atoms with Crippen molar-refractivity contribution in [3.05, 3.63) is 53.8 Å². The first-order chi connectivity index (χ1) is 17.0. The molecule has 2 aromatic rings. The molecule has 0 bridgehead atoms. The maximum atomic E-state index is 13.8. The number of amides is 3. The van der Waals surface area contributed by atoms with Crippen LogP contribution < -0.4 is 15.4 Å². The third-order valence-electron chi connectivity index (χ3n) is 6.65. The van der Waals surface area contributed by atoms with Gasteiger partial charge in [-0.2, -0.15) is 0 Å². The van der Waals surface area contributed by atoms with Crippen LogP contribution in [0.2, 0.25) is 0 Å². The number of nitrogens with zero attached hydrogens (tertiary/aromatic N) is 1. The van der Waals surface area contributed by atoms with E-state index in [0.29, 0.717) is 44.2 Å². The zero-order chi connectivity index (χ0) is 24.4. The molecule has 9 nitrogen and oxygen atoms in total. The average molecular weight is 486 g/mol. The molecular weight excluding hydrogens is 457 g/mol. The first kappa shape index (κ1) is 23.5. The van der Waals surface area contributed by atoms with E-state index in [1.807, 2.05) is 6.07 Å². The van der Waals surface area contributed by atoms with E-state index in [2.05, 4.69) is 10.6 Å². The Hall–Kier alpha value is -3.21. The van der Waals surface area contributed by atoms with Crippen molar-refractivity contribution in [1.29, 1.82) is 0 Å². The summed E-state index contributed by atoms with van der Waals surface area (Å²) in [6.07, 6.45) is -0.538. The van der Waals surface area contributed by atoms with Gasteiger partial charge >= 0.3 is 6.03 Å². The van der Waals surface area contributed by atoms with Gasteiger partial charge in [-0.1, -0.05) is 12.1 Å². The highest BCUT2D eigenvalue weighted by atomic mass is 19.1. The lowest BCUT2D eigenvalue weighted by Crippen LogP contribution is -2.48. The van der Waals surface area contributed by atoms with Gasteiger partial charge in [-0.15, -0.1) is 0 Å². The van der Waals surface area contributed by atoms with Crippen molar-refractivity contribution < 1.29 is 33.3 Å². The largest absolute Gasteiger partial charge is 0.487 e. The molecule has 4 atom stereocenters. The van der Waals surface area contributed by atoms with Gasteiger partial charge in [0.2, 0.25) is 5.91 Å². The molecule has 0 aliphatic carbocycles. The number of urea groups is 1. The van der Waals surface area contributed by atoms with Crippen molar-refractivity contribution in [2.45, 2.75) is 37.1 Å². The van der Waals surface area contributed by atoms with Gasteiger partial charge in [0, 0.05) is 30.3 Å². The number of para-hydroxylation sites is 1. The van der Waals surface area contributed by atoms with Crippen LogP contribution in [0, 0.1) is 5.82 Å². The Balaban J connectivity index is 1.28. The van der Waals surface area contributed by atoms with Crippen molar-refractivity contribution >= 4 is 23.3 Å². The summed E-state index contributed by atoms with van der Waals surface area (Å²) in [6, 6.07) is 10.6. The van der Waals surface area contributed by atoms with Gasteiger partial charge < -0.3 is 34.9 Å². The van der Waals surface area contributed by atoms with Crippen LogP contribution in [0.5, 0.6) is 5.75 Å². The molecule has 35 heavy (non-hydrogen) atoms. The van der Waals surface area contributed by atoms with E-state index in [0.717, 1.165) is 5.56 Å². The topological polar surface area (TPSA) is 109 Å². The molecule has 2 saturated heterocycles. The maximum absolute atomic E-state index is 13.8. The lowest BCUT2D eigenvalue weighted by molar-refractivity contribution is -0.151. The van der Waals surface area contributed by atoms with Crippen molar-refractivity contribution in [1.82, 2.24) is 4.90 Å². The Morgan fingerprint density at radius 1 is 1.11 bits per heavy atom. The van der Waals surface area contributed by atoms with Crippen LogP contribution in [0.25, 0.3) is 0 Å². The number of anilines is 2. The Kier molecular flexibility index (Phi) is 6.85. The number of aliphatic hydroxyl groups is 1. The highest BCUT2D eigenvalue weighted by Crippen LogP contribution is 2.47. The number of hydrogen-bond acceptors (Lipinski definition) is 6. The molecule has 3 aliphatic heterocycles. The van der Waals surface area contributed by atoms with Crippen LogP contribution >= 0.6 is 0 Å². The number of hydrogen-bond donors (Lipinski definition) is 3. The van der Waals surface area contributed by atoms with Gasteiger partial charge in [-0.05, 0) is 36.8 Å². The molecule has 3 aliphatic rings. The number of nitrogens with one attached hydrogen (secondary N) is 2. The van der Waals surface area contributed by atoms with Crippen LogP contribution in [0.15, 0.2) is 42.5 Å². The van der Waals surface area contributed by atoms with Gasteiger partial charge in [-0.25, -0.2) is 9.18 Å². The average Bonchev–Trinajstić information content (AvgIpc) is 3.23. The molecule has 0 spiro atoms. The zero-order valence-corrected chi connectivity index (χ0v) is 19.1. The lowest BCUT2D eigenvalue weighted by Gasteiger charge is -2.38. The minimum atomic E-state index is -0.570. The van der Waals surface area contributed by atoms with E-state index in [1.54, 1.807) is 29.2 Å². The zero-order valence-electron chi connectivity index (χ0n) is 19.1. The highest BCUT2D eigenvalue weighted by Gasteiger charge is 2.46. The van der Waals surface area contributed by atoms with Crippen molar-refractivity contribution in [2.24, 2.45) is 0 Å². The summed E-state index contributed by atoms with van der Waals surface area (Å²) >= 11 is 0. The number of rotatable bonds is 5. The van der Waals surface area contributed by atoms with Gasteiger partial charge in [0.1, 0.15) is 23.8 Å². The molecule has 0 unspecified atom stereocenters. The van der Waals surface area contributed by atoms with Crippen LogP contribution in [0.4, 0.5) is 20.6 Å². The van der Waals surface area contributed by atoms with E-state index in [9.17, 15) is 19.1 Å². The molecule has 3 N–H and O–H groups in total. The molecule has 3 amide bonds. The monoisotopic (exact) mass is 485 g/mol. The predicted octanol–water partition coefficient (Wildman–Crippen LogP) is 2.71. The Morgan fingerprint density at radius 2 is 1.91 bits per heavy atom. The summed E-state index contributed by atoms with van der Waals surface area (Å²) in [5.74, 6) is 0.0348. The van der Waals surface area contributed by atoms with Crippen LogP contribution in [-0.2, 0) is 14.3 Å². The van der Waals surface area contributed by atoms with E-state index in [1.165, 1.54) is 12.1 Å². The summed E-state index contributed by atoms with van der Waals surface area (Å²) < 4.78 is 31.3. The third kappa shape index (κ3) is 5.09. The number of ether oxygens (including phenoxy) is 3. The fourth-order valence-electron chi connectivity index (χ4n) is 4.95. The summed E-state index contributed by atoms with van der Waals surface area (Å²) in [5, 5.41) is 15.2. The Bertz CT molecular complexity index is 1090. The lowest BCUT2D eigenvalue weighted by atomic mass is 9.84. The molecule has 2 fully saturated rings. The second kappa shape index (κ2) is 10.2. The number of morpholine rings is 1. The maximum Gasteiger partial charge on any atom is 0.323 e. The summed E-state index contributed by atoms with van der Waals surface area (Å²) in [5.41, 5.74) is 1.48. The number of aliphatic hydroxyl groups excluding tert-OH is 1. The number of carbonyl (C=O) groups is 2. The highest BCUT2D eigenvalue weighted by molar-refractivity contribution is 5.99. The standard InChI is InChI=1S/C25H28FN3O6/c26-19-3-1-2-4-20(19)28-25(32)27-15-5-6-21-17(11-15)18-12-16(34-22(14-30)24(18)35-21)13-23(31)29-7-9-33-10-8-29/h1-6,11,16,18,22,24,30H,7-10,12-14H2,(H2,27,28,32)/t16-,18+,22-,24-/m1/s1. The predicted molar refractivity (Wildman–Crippen MR) is 125 cm³/mol. The summed E-state index contributed by atoms with van der Waals surface area (Å²) in [4.78, 5) is 27.0. The molecular formula is C25H28FN3O6. The molecule has 186 valence electrons. The smallest absolute Gasteiger partial charge is 0.323 e. The third-order valence-corrected chi connectivity index (χ3v) is 6.65. The SMILES string of the molecule is O=C(Nc1ccc2c(c1)[C@@H]1C[C@H](CC(=O)N3CCOCC3)O[C@H](CO)[C@@H]1O2)Nc1ccccc1F. The van der Waals surface area contributed by atoms with Crippen molar-refractivity contribution in [3.8, 4) is 5.75 Å². The quantitative estimate of drug-likeness (QED) is 0.601. The second-order valence-electron chi connectivity index (χ2n) is 8.91. The number of halogens is 1. The van der Waals surface area contributed by atoms with Crippen molar-refractivity contribution in [2.75, 3.05) is 43.5 Å². The van der Waals surface area contributed by atoms with Gasteiger partial charge in [0.15, 0.2) is 0 Å². The Morgan fingerprint density at radius 3 is 2.69 bits per heavy atom. The molecule has 0 aromatic heterocycles. The number of carbonyl (C=O) groups excluding carboxylic acids is 2. The van der Waals surface area contributed by atoms with Gasteiger partial charge in [0.25, 0.3) is 0 Å². The van der Waals surface area contributed by atoms with E-state index < -0.39 is 18.0 Å². The molecule has 10 heteroatoms. The van der Waals surface area contributed by atoms with Crippen LogP contribution in [0.3, 0.4) is 0 Å². The second-order valence-corrected chi connectivity index (χ2v) is 8.91. The van der Waals surface area contributed by atoms with E-state index in [4.69, 9.17) is 14.2 Å². The molecule has 2 aromatic carbocycles. The van der Waals surface area contributed by atoms with E-state index in [-0.39, 0.29) is 42.7 Å².